The van der Waals surface area contributed by atoms with Gasteiger partial charge in [0.1, 0.15) is 12.4 Å². The summed E-state index contributed by atoms with van der Waals surface area (Å²) in [6.45, 7) is 2.55. The Balaban J connectivity index is 1.53. The first-order valence-electron chi connectivity index (χ1n) is 12.5. The maximum atomic E-state index is 13.3. The lowest BCUT2D eigenvalue weighted by Crippen LogP contribution is -2.25. The Morgan fingerprint density at radius 1 is 1.21 bits per heavy atom. The number of likely N-dealkylation sites (N-methyl/N-ethyl adjacent to an activating group) is 1. The van der Waals surface area contributed by atoms with Gasteiger partial charge in [0, 0.05) is 32.2 Å². The Labute approximate surface area is 231 Å². The number of thiazole rings is 1. The molecule has 2 heterocycles. The van der Waals surface area contributed by atoms with Crippen LogP contribution in [0.25, 0.3) is 10.2 Å². The Morgan fingerprint density at radius 3 is 2.74 bits per heavy atom. The summed E-state index contributed by atoms with van der Waals surface area (Å²) in [4.78, 5) is 23.6. The summed E-state index contributed by atoms with van der Waals surface area (Å²) in [7, 11) is -0.101. The maximum absolute atomic E-state index is 13.3. The van der Waals surface area contributed by atoms with Crippen molar-refractivity contribution in [1.82, 2.24) is 10.3 Å². The second-order valence-electron chi connectivity index (χ2n) is 8.78. The number of carbonyl (C=O) groups is 1. The number of hydrogen-bond donors (Lipinski definition) is 2. The van der Waals surface area contributed by atoms with Crippen LogP contribution in [0.3, 0.4) is 0 Å². The number of oxime groups is 1. The fraction of sp³-hybridized carbons (Fsp3) is 0.423. The lowest BCUT2D eigenvalue weighted by molar-refractivity contribution is -0.110. The van der Waals surface area contributed by atoms with Crippen molar-refractivity contribution in [1.29, 1.82) is 0 Å². The van der Waals surface area contributed by atoms with E-state index in [1.165, 1.54) is 30.6 Å². The number of benzene rings is 2. The predicted molar refractivity (Wildman–Crippen MR) is 150 cm³/mol. The summed E-state index contributed by atoms with van der Waals surface area (Å²) in [6, 6.07) is 11.6. The molecule has 1 fully saturated rings. The number of carbonyl (C=O) groups excluding carboxylic acids is 1. The van der Waals surface area contributed by atoms with Crippen LogP contribution in [-0.2, 0) is 28.9 Å². The molecule has 0 unspecified atom stereocenters. The molecule has 39 heavy (non-hydrogen) atoms. The second-order valence-corrected chi connectivity index (χ2v) is 11.9. The Kier molecular flexibility index (Phi) is 10.2. The number of nitrogens with zero attached hydrogens (tertiary/aromatic N) is 2. The van der Waals surface area contributed by atoms with Crippen LogP contribution in [0.15, 0.2) is 52.5 Å². The number of methoxy groups -OCH3 is 1. The highest BCUT2D eigenvalue weighted by Gasteiger charge is 2.22. The molecule has 0 aliphatic carbocycles. The fourth-order valence-electron chi connectivity index (χ4n) is 3.76. The van der Waals surface area contributed by atoms with E-state index >= 15 is 0 Å². The second kappa shape index (κ2) is 13.8. The van der Waals surface area contributed by atoms with Gasteiger partial charge in [-0.15, -0.1) is 0 Å². The number of rotatable bonds is 14. The van der Waals surface area contributed by atoms with Gasteiger partial charge in [0.25, 0.3) is 5.91 Å². The summed E-state index contributed by atoms with van der Waals surface area (Å²) >= 11 is 1.31. The highest BCUT2D eigenvalue weighted by Crippen LogP contribution is 2.29. The van der Waals surface area contributed by atoms with E-state index < -0.39 is 15.7 Å². The molecule has 3 aromatic rings. The van der Waals surface area contributed by atoms with Gasteiger partial charge < -0.3 is 24.4 Å². The third-order valence-corrected chi connectivity index (χ3v) is 8.60. The highest BCUT2D eigenvalue weighted by atomic mass is 32.2. The number of nitrogens with one attached hydrogen (secondary N) is 2. The summed E-state index contributed by atoms with van der Waals surface area (Å²) in [5, 5.41) is 10.4. The lowest BCUT2D eigenvalue weighted by atomic mass is 10.1. The van der Waals surface area contributed by atoms with Gasteiger partial charge in [0.15, 0.2) is 26.8 Å². The minimum Gasteiger partial charge on any atom is -0.492 e. The first-order chi connectivity index (χ1) is 18.9. The molecular formula is C26H32N4O7S2. The van der Waals surface area contributed by atoms with Gasteiger partial charge in [-0.2, -0.15) is 0 Å². The summed E-state index contributed by atoms with van der Waals surface area (Å²) < 4.78 is 42.1. The molecule has 1 aliphatic heterocycles. The number of amides is 1. The zero-order valence-electron chi connectivity index (χ0n) is 21.8. The molecule has 0 bridgehead atoms. The Hall–Kier alpha value is -3.10. The molecule has 13 heteroatoms. The minimum absolute atomic E-state index is 0.000532. The van der Waals surface area contributed by atoms with Crippen LogP contribution in [-0.4, -0.2) is 84.0 Å². The average Bonchev–Trinajstić information content (AvgIpc) is 3.59. The van der Waals surface area contributed by atoms with Crippen molar-refractivity contribution in [3.63, 3.8) is 0 Å². The van der Waals surface area contributed by atoms with Gasteiger partial charge in [-0.05, 0) is 43.8 Å². The van der Waals surface area contributed by atoms with E-state index in [1.54, 1.807) is 12.1 Å². The predicted octanol–water partition coefficient (Wildman–Crippen LogP) is 2.85. The van der Waals surface area contributed by atoms with E-state index in [9.17, 15) is 13.2 Å². The quantitative estimate of drug-likeness (QED) is 0.169. The van der Waals surface area contributed by atoms with Crippen molar-refractivity contribution in [2.24, 2.45) is 5.16 Å². The normalized spacial score (nSPS) is 15.9. The number of aromatic nitrogens is 1. The third-order valence-electron chi connectivity index (χ3n) is 5.85. The van der Waals surface area contributed by atoms with E-state index in [0.29, 0.717) is 55.7 Å². The molecule has 1 saturated heterocycles. The van der Waals surface area contributed by atoms with Crippen LogP contribution < -0.4 is 15.4 Å². The number of hydrogen-bond acceptors (Lipinski definition) is 11. The lowest BCUT2D eigenvalue weighted by Gasteiger charge is -2.10. The Morgan fingerprint density at radius 2 is 2.03 bits per heavy atom. The number of sulfone groups is 1. The molecule has 0 spiro atoms. The van der Waals surface area contributed by atoms with E-state index in [2.05, 4.69) is 20.8 Å². The first-order valence-corrected chi connectivity index (χ1v) is 15.0. The van der Waals surface area contributed by atoms with Crippen molar-refractivity contribution in [2.45, 2.75) is 23.8 Å². The van der Waals surface area contributed by atoms with Crippen molar-refractivity contribution >= 4 is 48.1 Å². The molecule has 1 amide bonds. The molecule has 210 valence electrons. The first kappa shape index (κ1) is 28.9. The molecule has 11 nitrogen and oxygen atoms in total. The topological polar surface area (TPSA) is 137 Å². The molecule has 2 N–H and O–H groups in total. The van der Waals surface area contributed by atoms with Crippen LogP contribution in [0.1, 0.15) is 18.4 Å². The number of fused-ring (bicyclic) bond motifs is 1. The monoisotopic (exact) mass is 576 g/mol. The Bertz CT molecular complexity index is 1390. The minimum atomic E-state index is -3.49. The van der Waals surface area contributed by atoms with Gasteiger partial charge in [-0.1, -0.05) is 28.6 Å². The molecule has 4 rings (SSSR count). The fourth-order valence-corrected chi connectivity index (χ4v) is 5.93. The molecular weight excluding hydrogens is 544 g/mol. The van der Waals surface area contributed by atoms with Gasteiger partial charge in [-0.25, -0.2) is 13.4 Å². The SMILES string of the molecule is CNCCOc1ccc2nc(NC(=O)/C(=N/O[C@@H]3CCOC3)c3ccc(S(=O)(=O)CCCOC)cc3)sc2c1. The van der Waals surface area contributed by atoms with Gasteiger partial charge >= 0.3 is 0 Å². The van der Waals surface area contributed by atoms with Crippen molar-refractivity contribution in [3.05, 3.63) is 48.0 Å². The summed E-state index contributed by atoms with van der Waals surface area (Å²) in [5.74, 6) is 0.145. The van der Waals surface area contributed by atoms with Gasteiger partial charge in [-0.3, -0.25) is 10.1 Å². The van der Waals surface area contributed by atoms with Gasteiger partial charge in [0.05, 0.1) is 34.1 Å². The summed E-state index contributed by atoms with van der Waals surface area (Å²) in [5.41, 5.74) is 1.13. The van der Waals surface area contributed by atoms with Crippen LogP contribution >= 0.6 is 11.3 Å². The molecule has 1 aliphatic rings. The zero-order valence-corrected chi connectivity index (χ0v) is 23.5. The number of anilines is 1. The van der Waals surface area contributed by atoms with Crippen molar-refractivity contribution < 1.29 is 32.3 Å². The van der Waals surface area contributed by atoms with Crippen LogP contribution in [0.4, 0.5) is 5.13 Å². The van der Waals surface area contributed by atoms with Crippen molar-refractivity contribution in [3.8, 4) is 5.75 Å². The van der Waals surface area contributed by atoms with Gasteiger partial charge in [0.2, 0.25) is 0 Å². The van der Waals surface area contributed by atoms with Crippen molar-refractivity contribution in [2.75, 3.05) is 58.2 Å². The molecule has 2 aromatic carbocycles. The average molecular weight is 577 g/mol. The van der Waals surface area contributed by atoms with Crippen LogP contribution in [0, 0.1) is 0 Å². The zero-order chi connectivity index (χ0) is 27.7. The number of ether oxygens (including phenoxy) is 3. The third kappa shape index (κ3) is 7.96. The summed E-state index contributed by atoms with van der Waals surface area (Å²) in [6.07, 6.45) is 0.781. The molecule has 0 radical (unpaired) electrons. The van der Waals surface area contributed by atoms with E-state index in [0.717, 1.165) is 16.8 Å². The molecule has 1 aromatic heterocycles. The van der Waals surface area contributed by atoms with E-state index in [1.807, 2.05) is 25.2 Å². The maximum Gasteiger partial charge on any atom is 0.280 e. The molecule has 0 saturated carbocycles. The van der Waals surface area contributed by atoms with E-state index in [4.69, 9.17) is 19.0 Å². The highest BCUT2D eigenvalue weighted by molar-refractivity contribution is 7.91. The van der Waals surface area contributed by atoms with Crippen LogP contribution in [0.5, 0.6) is 5.75 Å². The standard InChI is InChI=1S/C26H32N4O7S2/c1-27-11-14-36-19-6-9-22-23(16-19)38-26(28-22)29-25(31)24(30-37-20-10-13-35-17-20)18-4-7-21(8-5-18)39(32,33)15-3-12-34-2/h4-9,16,20,27H,3,10-15,17H2,1-2H3,(H,28,29,31)/b30-24+/t20-/m1/s1. The largest absolute Gasteiger partial charge is 0.492 e. The smallest absolute Gasteiger partial charge is 0.280 e. The van der Waals surface area contributed by atoms with Crippen LogP contribution in [0.2, 0.25) is 0 Å². The molecule has 1 atom stereocenters. The van der Waals surface area contributed by atoms with E-state index in [-0.39, 0.29) is 22.5 Å².